The molecule has 1 amide bonds. The van der Waals surface area contributed by atoms with E-state index in [-0.39, 0.29) is 30.6 Å². The second-order valence-electron chi connectivity index (χ2n) is 5.13. The van der Waals surface area contributed by atoms with E-state index in [0.29, 0.717) is 17.2 Å². The molecule has 4 N–H and O–H groups in total. The van der Waals surface area contributed by atoms with Crippen molar-refractivity contribution in [2.45, 2.75) is 6.92 Å². The third kappa shape index (κ3) is 6.04. The first-order chi connectivity index (χ1) is 13.0. The van der Waals surface area contributed by atoms with E-state index in [1.807, 2.05) is 0 Å². The van der Waals surface area contributed by atoms with Crippen molar-refractivity contribution in [2.75, 3.05) is 31.2 Å². The second-order valence-corrected chi connectivity index (χ2v) is 5.13. The van der Waals surface area contributed by atoms with Crippen molar-refractivity contribution in [3.8, 4) is 5.75 Å². The fourth-order valence-electron chi connectivity index (χ4n) is 1.94. The number of rotatable bonds is 7. The van der Waals surface area contributed by atoms with Gasteiger partial charge in [0.15, 0.2) is 11.6 Å². The van der Waals surface area contributed by atoms with Gasteiger partial charge in [0.25, 0.3) is 0 Å². The summed E-state index contributed by atoms with van der Waals surface area (Å²) in [6.07, 6.45) is -0.831. The van der Waals surface area contributed by atoms with E-state index in [4.69, 9.17) is 15.2 Å². The number of nitrogens with two attached hydrogens (primary N) is 1. The first-order valence-electron chi connectivity index (χ1n) is 8.09. The lowest BCUT2D eigenvalue weighted by atomic mass is 10.3. The molecule has 1 heterocycles. The fourth-order valence-corrected chi connectivity index (χ4v) is 1.94. The summed E-state index contributed by atoms with van der Waals surface area (Å²) < 4.78 is 9.82. The van der Waals surface area contributed by atoms with Crippen molar-refractivity contribution in [1.29, 1.82) is 0 Å². The number of aromatic nitrogens is 1. The molecule has 10 nitrogen and oxygen atoms in total. The van der Waals surface area contributed by atoms with Crippen LogP contribution in [0.3, 0.4) is 0 Å². The van der Waals surface area contributed by atoms with Gasteiger partial charge in [-0.3, -0.25) is 4.79 Å². The van der Waals surface area contributed by atoms with E-state index in [1.165, 1.54) is 0 Å². The molecule has 0 saturated carbocycles. The Labute approximate surface area is 155 Å². The number of hydrogen-bond donors (Lipinski definition) is 3. The minimum atomic E-state index is -0.831. The fraction of sp³-hybridized carbons (Fsp3) is 0.235. The molecule has 0 aliphatic carbocycles. The molecular formula is C17H20N6O4. The average Bonchev–Trinajstić information content (AvgIpc) is 2.62. The lowest BCUT2D eigenvalue weighted by Crippen LogP contribution is -2.25. The van der Waals surface area contributed by atoms with Crippen molar-refractivity contribution < 1.29 is 19.1 Å². The molecule has 0 radical (unpaired) electrons. The van der Waals surface area contributed by atoms with Crippen LogP contribution in [0.15, 0.2) is 46.6 Å². The van der Waals surface area contributed by atoms with Gasteiger partial charge in [-0.2, -0.15) is 0 Å². The number of nitrogens with one attached hydrogen (secondary N) is 2. The van der Waals surface area contributed by atoms with Gasteiger partial charge in [0.2, 0.25) is 5.91 Å². The summed E-state index contributed by atoms with van der Waals surface area (Å²) in [7, 11) is 1.66. The topological polar surface area (TPSA) is 140 Å². The number of hydrogen-bond acceptors (Lipinski definition) is 9. The van der Waals surface area contributed by atoms with Crippen LogP contribution in [0.2, 0.25) is 0 Å². The summed E-state index contributed by atoms with van der Waals surface area (Å²) in [4.78, 5) is 27.1. The monoisotopic (exact) mass is 372 g/mol. The van der Waals surface area contributed by atoms with Crippen molar-refractivity contribution in [3.05, 3.63) is 36.4 Å². The Balaban J connectivity index is 2.14. The highest BCUT2D eigenvalue weighted by Crippen LogP contribution is 2.30. The van der Waals surface area contributed by atoms with Crippen molar-refractivity contribution in [1.82, 2.24) is 10.3 Å². The van der Waals surface area contributed by atoms with E-state index >= 15 is 0 Å². The number of azo groups is 1. The number of amides is 1. The standard InChI is InChI=1S/C17H20N6O4/c1-3-26-17(25)27-13-7-5-4-6-11(13)22-23-12-8-9-14(21-16(12)18)20-15(24)10-19-2/h4-9,19H,3,10H2,1-2H3,(H3,18,20,21,24). The molecule has 0 spiro atoms. The van der Waals surface area contributed by atoms with Crippen LogP contribution in [0.25, 0.3) is 0 Å². The van der Waals surface area contributed by atoms with Crippen LogP contribution in [-0.2, 0) is 9.53 Å². The Morgan fingerprint density at radius 3 is 2.59 bits per heavy atom. The number of para-hydroxylation sites is 1. The first-order valence-corrected chi connectivity index (χ1v) is 8.09. The van der Waals surface area contributed by atoms with E-state index < -0.39 is 6.16 Å². The Kier molecular flexibility index (Phi) is 7.20. The molecule has 10 heteroatoms. The van der Waals surface area contributed by atoms with Crippen molar-refractivity contribution in [3.63, 3.8) is 0 Å². The maximum atomic E-state index is 11.5. The third-order valence-electron chi connectivity index (χ3n) is 3.09. The number of benzene rings is 1. The van der Waals surface area contributed by atoms with Crippen molar-refractivity contribution >= 4 is 35.1 Å². The number of carbonyl (C=O) groups excluding carboxylic acids is 2. The molecule has 0 aliphatic heterocycles. The highest BCUT2D eigenvalue weighted by molar-refractivity contribution is 5.91. The van der Waals surface area contributed by atoms with E-state index in [0.717, 1.165) is 0 Å². The van der Waals surface area contributed by atoms with E-state index in [9.17, 15) is 9.59 Å². The molecule has 142 valence electrons. The number of nitrogens with zero attached hydrogens (tertiary/aromatic N) is 3. The molecule has 0 fully saturated rings. The van der Waals surface area contributed by atoms with Gasteiger partial charge in [0, 0.05) is 0 Å². The Hall–Kier alpha value is -3.53. The Bertz CT molecular complexity index is 840. The highest BCUT2D eigenvalue weighted by atomic mass is 16.7. The quantitative estimate of drug-likeness (QED) is 0.385. The second kappa shape index (κ2) is 9.82. The number of ether oxygens (including phenoxy) is 2. The van der Waals surface area contributed by atoms with Crippen molar-refractivity contribution in [2.24, 2.45) is 10.2 Å². The van der Waals surface area contributed by atoms with Crippen LogP contribution in [0.1, 0.15) is 6.92 Å². The van der Waals surface area contributed by atoms with Crippen LogP contribution in [-0.4, -0.2) is 37.2 Å². The molecule has 27 heavy (non-hydrogen) atoms. The van der Waals surface area contributed by atoms with Gasteiger partial charge in [-0.25, -0.2) is 9.78 Å². The molecular weight excluding hydrogens is 352 g/mol. The minimum absolute atomic E-state index is 0.0878. The van der Waals surface area contributed by atoms with Gasteiger partial charge in [-0.15, -0.1) is 10.2 Å². The molecule has 0 saturated heterocycles. The predicted molar refractivity (Wildman–Crippen MR) is 99.5 cm³/mol. The average molecular weight is 372 g/mol. The number of carbonyl (C=O) groups is 2. The minimum Gasteiger partial charge on any atom is -0.434 e. The number of anilines is 2. The van der Waals surface area contributed by atoms with Gasteiger partial charge in [-0.1, -0.05) is 12.1 Å². The lowest BCUT2D eigenvalue weighted by molar-refractivity contribution is -0.115. The largest absolute Gasteiger partial charge is 0.513 e. The number of nitrogen functional groups attached to an aromatic ring is 1. The van der Waals surface area contributed by atoms with Gasteiger partial charge in [0.05, 0.1) is 13.2 Å². The molecule has 2 rings (SSSR count). The van der Waals surface area contributed by atoms with Crippen LogP contribution in [0.5, 0.6) is 5.75 Å². The normalized spacial score (nSPS) is 10.6. The number of pyridine rings is 1. The first kappa shape index (κ1) is 19.8. The maximum absolute atomic E-state index is 11.5. The van der Waals surface area contributed by atoms with E-state index in [1.54, 1.807) is 50.4 Å². The van der Waals surface area contributed by atoms with Crippen LogP contribution < -0.4 is 21.1 Å². The smallest absolute Gasteiger partial charge is 0.434 e. The predicted octanol–water partition coefficient (Wildman–Crippen LogP) is 2.77. The summed E-state index contributed by atoms with van der Waals surface area (Å²) in [6.45, 7) is 2.02. The van der Waals surface area contributed by atoms with Crippen LogP contribution in [0, 0.1) is 0 Å². The lowest BCUT2D eigenvalue weighted by Gasteiger charge is -2.07. The molecule has 1 aromatic carbocycles. The molecule has 0 atom stereocenters. The molecule has 1 aromatic heterocycles. The van der Waals surface area contributed by atoms with Crippen LogP contribution >= 0.6 is 0 Å². The Morgan fingerprint density at radius 1 is 1.15 bits per heavy atom. The van der Waals surface area contributed by atoms with Gasteiger partial charge >= 0.3 is 6.16 Å². The summed E-state index contributed by atoms with van der Waals surface area (Å²) >= 11 is 0. The zero-order valence-corrected chi connectivity index (χ0v) is 14.9. The molecule has 0 unspecified atom stereocenters. The van der Waals surface area contributed by atoms with Gasteiger partial charge in [0.1, 0.15) is 17.2 Å². The molecule has 2 aromatic rings. The van der Waals surface area contributed by atoms with Crippen LogP contribution in [0.4, 0.5) is 27.8 Å². The van der Waals surface area contributed by atoms with E-state index in [2.05, 4.69) is 25.8 Å². The van der Waals surface area contributed by atoms with Gasteiger partial charge in [-0.05, 0) is 38.2 Å². The zero-order chi connectivity index (χ0) is 19.6. The summed E-state index contributed by atoms with van der Waals surface area (Å²) in [5, 5.41) is 13.4. The van der Waals surface area contributed by atoms with Gasteiger partial charge < -0.3 is 25.8 Å². The third-order valence-corrected chi connectivity index (χ3v) is 3.09. The molecule has 0 bridgehead atoms. The summed E-state index contributed by atoms with van der Waals surface area (Å²) in [6, 6.07) is 9.71. The highest BCUT2D eigenvalue weighted by Gasteiger charge is 2.10. The SMILES string of the molecule is CCOC(=O)Oc1ccccc1N=Nc1ccc(NC(=O)CNC)nc1N. The Morgan fingerprint density at radius 2 is 1.89 bits per heavy atom. The number of likely N-dealkylation sites (N-methyl/N-ethyl adjacent to an activating group) is 1. The zero-order valence-electron chi connectivity index (χ0n) is 14.9. The summed E-state index contributed by atoms with van der Waals surface area (Å²) in [5.41, 5.74) is 6.47. The maximum Gasteiger partial charge on any atom is 0.513 e. The summed E-state index contributed by atoms with van der Waals surface area (Å²) in [5.74, 6) is 0.341. The molecule has 0 aliphatic rings.